The lowest BCUT2D eigenvalue weighted by molar-refractivity contribution is -0.139. The Morgan fingerprint density at radius 1 is 1.38 bits per heavy atom. The van der Waals surface area contributed by atoms with E-state index in [1.165, 1.54) is 5.56 Å². The smallest absolute Gasteiger partial charge is 0.324 e. The minimum absolute atomic E-state index is 0.0175. The fourth-order valence-corrected chi connectivity index (χ4v) is 1.21. The van der Waals surface area contributed by atoms with Crippen LogP contribution in [0.25, 0.3) is 0 Å². The number of benzene rings is 1. The summed E-state index contributed by atoms with van der Waals surface area (Å²) in [6, 6.07) is 6.59. The second kappa shape index (κ2) is 5.51. The Morgan fingerprint density at radius 2 is 1.94 bits per heavy atom. The van der Waals surface area contributed by atoms with Crippen molar-refractivity contribution in [1.82, 2.24) is 0 Å². The lowest BCUT2D eigenvalue weighted by Crippen LogP contribution is -2.36. The molecule has 0 radical (unpaired) electrons. The highest BCUT2D eigenvalue weighted by Crippen LogP contribution is 2.18. The van der Waals surface area contributed by atoms with Crippen LogP contribution in [0.2, 0.25) is 0 Å². The Kier molecular flexibility index (Phi) is 4.31. The average molecular weight is 223 g/mol. The lowest BCUT2D eigenvalue weighted by Gasteiger charge is -2.10. The third-order valence-electron chi connectivity index (χ3n) is 2.29. The summed E-state index contributed by atoms with van der Waals surface area (Å²) in [6.45, 7) is 4.20. The van der Waals surface area contributed by atoms with Crippen LogP contribution in [0, 0.1) is 0 Å². The summed E-state index contributed by atoms with van der Waals surface area (Å²) in [7, 11) is 0. The van der Waals surface area contributed by atoms with Crippen LogP contribution in [0.1, 0.15) is 25.3 Å². The predicted molar refractivity (Wildman–Crippen MR) is 61.6 cm³/mol. The first-order valence-electron chi connectivity index (χ1n) is 5.22. The van der Waals surface area contributed by atoms with Crippen molar-refractivity contribution in [2.45, 2.75) is 25.8 Å². The number of aliphatic carboxylic acids is 1. The third-order valence-corrected chi connectivity index (χ3v) is 2.29. The minimum Gasteiger partial charge on any atom is -0.491 e. The zero-order valence-electron chi connectivity index (χ0n) is 9.51. The van der Waals surface area contributed by atoms with Crippen LogP contribution in [-0.2, 0) is 4.79 Å². The van der Waals surface area contributed by atoms with Crippen LogP contribution in [-0.4, -0.2) is 23.7 Å². The minimum atomic E-state index is -1.06. The van der Waals surface area contributed by atoms with E-state index < -0.39 is 12.0 Å². The molecule has 1 rings (SSSR count). The molecule has 16 heavy (non-hydrogen) atoms. The van der Waals surface area contributed by atoms with Gasteiger partial charge in [-0.05, 0) is 23.6 Å². The van der Waals surface area contributed by atoms with Gasteiger partial charge in [0.05, 0.1) is 0 Å². The molecule has 0 aliphatic carbocycles. The normalized spacial score (nSPS) is 12.5. The van der Waals surface area contributed by atoms with E-state index in [2.05, 4.69) is 13.8 Å². The van der Waals surface area contributed by atoms with Crippen LogP contribution in [0.4, 0.5) is 0 Å². The molecule has 0 saturated carbocycles. The standard InChI is InChI=1S/C12H17NO3/c1-8(2)9-3-5-10(6-4-9)16-7-11(13)12(14)15/h3-6,8,11H,7,13H2,1-2H3,(H,14,15). The highest BCUT2D eigenvalue weighted by Gasteiger charge is 2.11. The van der Waals surface area contributed by atoms with Crippen LogP contribution >= 0.6 is 0 Å². The molecule has 1 atom stereocenters. The molecule has 0 amide bonds. The first-order chi connectivity index (χ1) is 7.50. The maximum absolute atomic E-state index is 10.5. The Labute approximate surface area is 95.0 Å². The summed E-state index contributed by atoms with van der Waals surface area (Å²) in [6.07, 6.45) is 0. The molecule has 0 aliphatic heterocycles. The molecule has 0 saturated heterocycles. The molecule has 0 aliphatic rings. The summed E-state index contributed by atoms with van der Waals surface area (Å²) in [5.74, 6) is 0.0511. The highest BCUT2D eigenvalue weighted by molar-refractivity contribution is 5.73. The van der Waals surface area contributed by atoms with E-state index in [1.807, 2.05) is 24.3 Å². The Balaban J connectivity index is 2.52. The van der Waals surface area contributed by atoms with E-state index in [-0.39, 0.29) is 6.61 Å². The molecule has 0 aromatic heterocycles. The Hall–Kier alpha value is -1.55. The van der Waals surface area contributed by atoms with Crippen molar-refractivity contribution in [1.29, 1.82) is 0 Å². The monoisotopic (exact) mass is 223 g/mol. The van der Waals surface area contributed by atoms with Gasteiger partial charge < -0.3 is 15.6 Å². The van der Waals surface area contributed by atoms with Crippen molar-refractivity contribution in [2.75, 3.05) is 6.61 Å². The zero-order valence-corrected chi connectivity index (χ0v) is 9.51. The summed E-state index contributed by atoms with van der Waals surface area (Å²) < 4.78 is 5.26. The van der Waals surface area contributed by atoms with Crippen molar-refractivity contribution in [3.05, 3.63) is 29.8 Å². The second-order valence-corrected chi connectivity index (χ2v) is 3.98. The molecular formula is C12H17NO3. The summed E-state index contributed by atoms with van der Waals surface area (Å²) in [5, 5.41) is 8.57. The van der Waals surface area contributed by atoms with Gasteiger partial charge in [-0.3, -0.25) is 4.79 Å². The molecule has 0 heterocycles. The highest BCUT2D eigenvalue weighted by atomic mass is 16.5. The molecule has 1 aromatic carbocycles. The molecule has 1 aromatic rings. The SMILES string of the molecule is CC(C)c1ccc(OCC(N)C(=O)O)cc1. The zero-order chi connectivity index (χ0) is 12.1. The van der Waals surface area contributed by atoms with Gasteiger partial charge in [0.25, 0.3) is 0 Å². The lowest BCUT2D eigenvalue weighted by atomic mass is 10.0. The van der Waals surface area contributed by atoms with Gasteiger partial charge in [-0.15, -0.1) is 0 Å². The van der Waals surface area contributed by atoms with Crippen molar-refractivity contribution in [3.8, 4) is 5.75 Å². The van der Waals surface area contributed by atoms with Crippen molar-refractivity contribution in [2.24, 2.45) is 5.73 Å². The van der Waals surface area contributed by atoms with Gasteiger partial charge in [0.1, 0.15) is 18.4 Å². The number of nitrogens with two attached hydrogens (primary N) is 1. The molecule has 4 nitrogen and oxygen atoms in total. The number of carboxylic acids is 1. The molecule has 0 spiro atoms. The number of ether oxygens (including phenoxy) is 1. The van der Waals surface area contributed by atoms with Gasteiger partial charge in [0.15, 0.2) is 0 Å². The van der Waals surface area contributed by atoms with Gasteiger partial charge in [-0.25, -0.2) is 0 Å². The number of hydrogen-bond acceptors (Lipinski definition) is 3. The molecule has 1 unspecified atom stereocenters. The van der Waals surface area contributed by atoms with E-state index >= 15 is 0 Å². The van der Waals surface area contributed by atoms with Crippen LogP contribution in [0.15, 0.2) is 24.3 Å². The molecule has 88 valence electrons. The molecule has 3 N–H and O–H groups in total. The predicted octanol–water partition coefficient (Wildman–Crippen LogP) is 1.60. The summed E-state index contributed by atoms with van der Waals surface area (Å²) >= 11 is 0. The van der Waals surface area contributed by atoms with E-state index in [9.17, 15) is 4.79 Å². The molecular weight excluding hydrogens is 206 g/mol. The van der Waals surface area contributed by atoms with E-state index in [0.29, 0.717) is 11.7 Å². The second-order valence-electron chi connectivity index (χ2n) is 3.98. The van der Waals surface area contributed by atoms with Crippen LogP contribution in [0.3, 0.4) is 0 Å². The number of carbonyl (C=O) groups is 1. The van der Waals surface area contributed by atoms with Gasteiger partial charge >= 0.3 is 5.97 Å². The molecule has 0 fully saturated rings. The average Bonchev–Trinajstić information content (AvgIpc) is 2.26. The first-order valence-corrected chi connectivity index (χ1v) is 5.22. The van der Waals surface area contributed by atoms with Crippen LogP contribution in [0.5, 0.6) is 5.75 Å². The van der Waals surface area contributed by atoms with E-state index in [4.69, 9.17) is 15.6 Å². The fraction of sp³-hybridized carbons (Fsp3) is 0.417. The summed E-state index contributed by atoms with van der Waals surface area (Å²) in [5.41, 5.74) is 6.54. The van der Waals surface area contributed by atoms with Gasteiger partial charge in [-0.2, -0.15) is 0 Å². The van der Waals surface area contributed by atoms with Crippen LogP contribution < -0.4 is 10.5 Å². The van der Waals surface area contributed by atoms with E-state index in [0.717, 1.165) is 0 Å². The van der Waals surface area contributed by atoms with Gasteiger partial charge in [0.2, 0.25) is 0 Å². The number of rotatable bonds is 5. The number of hydrogen-bond donors (Lipinski definition) is 2. The summed E-state index contributed by atoms with van der Waals surface area (Å²) in [4.78, 5) is 10.5. The first kappa shape index (κ1) is 12.5. The number of carboxylic acid groups (broad SMARTS) is 1. The maximum atomic E-state index is 10.5. The third kappa shape index (κ3) is 3.55. The Morgan fingerprint density at radius 3 is 2.38 bits per heavy atom. The molecule has 0 bridgehead atoms. The van der Waals surface area contributed by atoms with Crippen molar-refractivity contribution >= 4 is 5.97 Å². The van der Waals surface area contributed by atoms with Crippen molar-refractivity contribution < 1.29 is 14.6 Å². The van der Waals surface area contributed by atoms with Crippen molar-refractivity contribution in [3.63, 3.8) is 0 Å². The fourth-order valence-electron chi connectivity index (χ4n) is 1.21. The largest absolute Gasteiger partial charge is 0.491 e. The van der Waals surface area contributed by atoms with Gasteiger partial charge in [0, 0.05) is 0 Å². The maximum Gasteiger partial charge on any atom is 0.324 e. The Bertz CT molecular complexity index is 346. The quantitative estimate of drug-likeness (QED) is 0.795. The topological polar surface area (TPSA) is 72.5 Å². The van der Waals surface area contributed by atoms with Gasteiger partial charge in [-0.1, -0.05) is 26.0 Å². The molecule has 4 heteroatoms. The van der Waals surface area contributed by atoms with E-state index in [1.54, 1.807) is 0 Å².